The van der Waals surface area contributed by atoms with Crippen LogP contribution < -0.4 is 0 Å². The van der Waals surface area contributed by atoms with E-state index in [1.54, 1.807) is 14.2 Å². The standard InChI is InChI=1S/C14H10.C6H14O3.CH4O.ClH/c1-2-6-12-10-14-8-4-3-7-13(14)9-11(12)5-1;1-7-3-5-9-6-4-8-2;1-2;/h1-10H;3-6H2,1-2H3;2H,1H3;1H. The topological polar surface area (TPSA) is 47.9 Å². The molecule has 0 aliphatic heterocycles. The van der Waals surface area contributed by atoms with Gasteiger partial charge in [-0.2, -0.15) is 0 Å². The van der Waals surface area contributed by atoms with Crippen LogP contribution in [0.2, 0.25) is 0 Å². The van der Waals surface area contributed by atoms with Crippen molar-refractivity contribution in [2.24, 2.45) is 0 Å². The van der Waals surface area contributed by atoms with E-state index in [-0.39, 0.29) is 12.4 Å². The van der Waals surface area contributed by atoms with E-state index >= 15 is 0 Å². The number of hydrogen-bond acceptors (Lipinski definition) is 4. The molecule has 0 heterocycles. The number of hydrogen-bond donors (Lipinski definition) is 1. The predicted octanol–water partition coefficient (Wildman–Crippen LogP) is 4.32. The molecule has 0 radical (unpaired) electrons. The minimum Gasteiger partial charge on any atom is -0.400 e. The van der Waals surface area contributed by atoms with Crippen LogP contribution >= 0.6 is 12.4 Å². The molecule has 26 heavy (non-hydrogen) atoms. The third kappa shape index (κ3) is 8.61. The Hall–Kier alpha value is -1.69. The third-order valence-corrected chi connectivity index (χ3v) is 3.48. The van der Waals surface area contributed by atoms with Crippen LogP contribution in [0.15, 0.2) is 60.7 Å². The highest BCUT2D eigenvalue weighted by Crippen LogP contribution is 2.21. The van der Waals surface area contributed by atoms with Gasteiger partial charge in [-0.25, -0.2) is 0 Å². The van der Waals surface area contributed by atoms with Crippen molar-refractivity contribution in [3.63, 3.8) is 0 Å². The summed E-state index contributed by atoms with van der Waals surface area (Å²) in [4.78, 5) is 0. The summed E-state index contributed by atoms with van der Waals surface area (Å²) in [6.45, 7) is 2.62. The first-order chi connectivity index (χ1) is 12.3. The Balaban J connectivity index is 0.000000461. The molecule has 0 spiro atoms. The fourth-order valence-electron chi connectivity index (χ4n) is 2.27. The van der Waals surface area contributed by atoms with Crippen molar-refractivity contribution in [1.82, 2.24) is 0 Å². The van der Waals surface area contributed by atoms with Gasteiger partial charge in [-0.15, -0.1) is 12.4 Å². The Labute approximate surface area is 162 Å². The second-order valence-electron chi connectivity index (χ2n) is 5.14. The van der Waals surface area contributed by atoms with Crippen LogP contribution in [0.3, 0.4) is 0 Å². The van der Waals surface area contributed by atoms with Crippen molar-refractivity contribution in [2.75, 3.05) is 47.8 Å². The van der Waals surface area contributed by atoms with Gasteiger partial charge in [0.25, 0.3) is 0 Å². The summed E-state index contributed by atoms with van der Waals surface area (Å²) >= 11 is 0. The van der Waals surface area contributed by atoms with Gasteiger partial charge in [-0.05, 0) is 33.7 Å². The number of benzene rings is 3. The summed E-state index contributed by atoms with van der Waals surface area (Å²) in [5.41, 5.74) is 0. The van der Waals surface area contributed by atoms with Crippen LogP contribution in [0, 0.1) is 0 Å². The first kappa shape index (κ1) is 24.3. The second kappa shape index (κ2) is 15.6. The molecule has 0 atom stereocenters. The molecule has 0 bridgehead atoms. The molecule has 144 valence electrons. The molecule has 3 aromatic carbocycles. The summed E-state index contributed by atoms with van der Waals surface area (Å²) < 4.78 is 14.6. The van der Waals surface area contributed by atoms with E-state index in [4.69, 9.17) is 19.3 Å². The lowest BCUT2D eigenvalue weighted by Crippen LogP contribution is -2.06. The van der Waals surface area contributed by atoms with Crippen molar-refractivity contribution >= 4 is 34.0 Å². The third-order valence-electron chi connectivity index (χ3n) is 3.48. The van der Waals surface area contributed by atoms with Crippen molar-refractivity contribution in [3.8, 4) is 0 Å². The van der Waals surface area contributed by atoms with Crippen molar-refractivity contribution in [3.05, 3.63) is 60.7 Å². The van der Waals surface area contributed by atoms with Crippen molar-refractivity contribution in [2.45, 2.75) is 0 Å². The fraction of sp³-hybridized carbons (Fsp3) is 0.333. The zero-order valence-electron chi connectivity index (χ0n) is 15.7. The van der Waals surface area contributed by atoms with E-state index in [1.807, 2.05) is 0 Å². The van der Waals surface area contributed by atoms with Crippen molar-refractivity contribution in [1.29, 1.82) is 0 Å². The van der Waals surface area contributed by atoms with Gasteiger partial charge in [-0.3, -0.25) is 0 Å². The molecule has 0 fully saturated rings. The lowest BCUT2D eigenvalue weighted by molar-refractivity contribution is 0.0385. The molecule has 3 aromatic rings. The number of halogens is 1. The van der Waals surface area contributed by atoms with E-state index in [0.717, 1.165) is 7.11 Å². The first-order valence-corrected chi connectivity index (χ1v) is 8.23. The number of fused-ring (bicyclic) bond motifs is 2. The monoisotopic (exact) mass is 380 g/mol. The maximum absolute atomic E-state index is 7.00. The van der Waals surface area contributed by atoms with Gasteiger partial charge in [-0.1, -0.05) is 48.5 Å². The summed E-state index contributed by atoms with van der Waals surface area (Å²) in [6, 6.07) is 21.4. The van der Waals surface area contributed by atoms with Gasteiger partial charge in [0.05, 0.1) is 26.4 Å². The van der Waals surface area contributed by atoms with Gasteiger partial charge in [0.2, 0.25) is 0 Å². The van der Waals surface area contributed by atoms with Crippen LogP contribution in [-0.2, 0) is 14.2 Å². The molecular formula is C21H29ClO4. The quantitative estimate of drug-likeness (QED) is 0.511. The van der Waals surface area contributed by atoms with Crippen molar-refractivity contribution < 1.29 is 19.3 Å². The van der Waals surface area contributed by atoms with E-state index in [2.05, 4.69) is 60.7 Å². The van der Waals surface area contributed by atoms with Crippen LogP contribution in [0.5, 0.6) is 0 Å². The maximum atomic E-state index is 7.00. The molecule has 0 aliphatic carbocycles. The van der Waals surface area contributed by atoms with Gasteiger partial charge in [0.15, 0.2) is 0 Å². The summed E-state index contributed by atoms with van der Waals surface area (Å²) in [5.74, 6) is 0. The molecule has 1 N–H and O–H groups in total. The minimum atomic E-state index is 0. The summed E-state index contributed by atoms with van der Waals surface area (Å²) in [5, 5.41) is 12.2. The maximum Gasteiger partial charge on any atom is 0.0701 e. The highest BCUT2D eigenvalue weighted by atomic mass is 35.5. The van der Waals surface area contributed by atoms with Crippen LogP contribution in [0.4, 0.5) is 0 Å². The molecular weight excluding hydrogens is 352 g/mol. The molecule has 3 rings (SSSR count). The molecule has 5 heteroatoms. The van der Waals surface area contributed by atoms with E-state index in [0.29, 0.717) is 26.4 Å². The van der Waals surface area contributed by atoms with E-state index in [9.17, 15) is 0 Å². The first-order valence-electron chi connectivity index (χ1n) is 8.23. The van der Waals surface area contributed by atoms with Crippen LogP contribution in [0.25, 0.3) is 21.5 Å². The number of ether oxygens (including phenoxy) is 3. The van der Waals surface area contributed by atoms with Gasteiger partial charge < -0.3 is 19.3 Å². The Morgan fingerprint density at radius 3 is 1.19 bits per heavy atom. The normalized spacial score (nSPS) is 9.54. The number of aliphatic hydroxyl groups excluding tert-OH is 1. The van der Waals surface area contributed by atoms with Gasteiger partial charge in [0, 0.05) is 21.3 Å². The largest absolute Gasteiger partial charge is 0.400 e. The molecule has 0 unspecified atom stereocenters. The Morgan fingerprint density at radius 2 is 0.923 bits per heavy atom. The van der Waals surface area contributed by atoms with Gasteiger partial charge >= 0.3 is 0 Å². The summed E-state index contributed by atoms with van der Waals surface area (Å²) in [6.07, 6.45) is 0. The lowest BCUT2D eigenvalue weighted by Gasteiger charge is -2.00. The Kier molecular flexibility index (Phi) is 14.5. The molecule has 0 saturated carbocycles. The lowest BCUT2D eigenvalue weighted by atomic mass is 10.0. The zero-order valence-corrected chi connectivity index (χ0v) is 16.5. The fourth-order valence-corrected chi connectivity index (χ4v) is 2.27. The second-order valence-corrected chi connectivity index (χ2v) is 5.14. The molecule has 0 amide bonds. The SMILES string of the molecule is CO.COCCOCCOC.Cl.c1ccc2cc3ccccc3cc2c1. The molecule has 0 aliphatic rings. The molecule has 4 nitrogen and oxygen atoms in total. The average molecular weight is 381 g/mol. The Morgan fingerprint density at radius 1 is 0.615 bits per heavy atom. The van der Waals surface area contributed by atoms with E-state index in [1.165, 1.54) is 21.5 Å². The highest BCUT2D eigenvalue weighted by molar-refractivity contribution is 5.98. The van der Waals surface area contributed by atoms with Gasteiger partial charge in [0.1, 0.15) is 0 Å². The van der Waals surface area contributed by atoms with Crippen LogP contribution in [0.1, 0.15) is 0 Å². The Bertz CT molecular complexity index is 607. The minimum absolute atomic E-state index is 0. The smallest absolute Gasteiger partial charge is 0.0701 e. The van der Waals surface area contributed by atoms with E-state index < -0.39 is 0 Å². The molecule has 0 aromatic heterocycles. The number of methoxy groups -OCH3 is 2. The number of rotatable bonds is 6. The average Bonchev–Trinajstić information content (AvgIpc) is 2.68. The molecule has 0 saturated heterocycles. The summed E-state index contributed by atoms with van der Waals surface area (Å²) in [7, 11) is 4.30. The zero-order chi connectivity index (χ0) is 18.3. The van der Waals surface area contributed by atoms with Crippen LogP contribution in [-0.4, -0.2) is 52.9 Å². The highest BCUT2D eigenvalue weighted by Gasteiger charge is 1.95. The predicted molar refractivity (Wildman–Crippen MR) is 111 cm³/mol. The number of aliphatic hydroxyl groups is 1.